The Morgan fingerprint density at radius 1 is 1.00 bits per heavy atom. The molecule has 0 amide bonds. The van der Waals surface area contributed by atoms with Gasteiger partial charge in [-0.2, -0.15) is 0 Å². The number of nitrogens with two attached hydrogens (primary N) is 1. The van der Waals surface area contributed by atoms with Crippen molar-refractivity contribution in [2.45, 2.75) is 0 Å². The third-order valence-electron chi connectivity index (χ3n) is 0.129. The molecule has 0 heterocycles. The molecule has 0 aromatic rings. The molecule has 0 spiro atoms. The minimum Gasteiger partial charge on any atom is -1.00 e. The Morgan fingerprint density at radius 3 is 1.11 bits per heavy atom. The molecule has 0 rings (SSSR count). The van der Waals surface area contributed by atoms with Gasteiger partial charge in [-0.25, -0.2) is 0 Å². The van der Waals surface area contributed by atoms with Crippen LogP contribution >= 0.6 is 0 Å². The average molecular weight is 251 g/mol. The van der Waals surface area contributed by atoms with Gasteiger partial charge in [-0.05, 0) is 0 Å². The van der Waals surface area contributed by atoms with Crippen molar-refractivity contribution >= 4 is 0 Å². The SMILES string of the molecule is NCCO.[Cl-].[Cl-].[Cl-].[Cl-].[Ti+4]. The maximum absolute atomic E-state index is 7.75. The van der Waals surface area contributed by atoms with E-state index >= 15 is 0 Å². The molecule has 0 atom stereocenters. The predicted molar refractivity (Wildman–Crippen MR) is 16.1 cm³/mol. The van der Waals surface area contributed by atoms with Gasteiger partial charge in [0.1, 0.15) is 0 Å². The summed E-state index contributed by atoms with van der Waals surface area (Å²) in [7, 11) is 0. The molecular formula is C2H7Cl4NOTi. The largest absolute Gasteiger partial charge is 4.00 e. The first kappa shape index (κ1) is 45.0. The van der Waals surface area contributed by atoms with Gasteiger partial charge < -0.3 is 60.5 Å². The molecule has 0 aliphatic rings. The number of rotatable bonds is 1. The van der Waals surface area contributed by atoms with Gasteiger partial charge >= 0.3 is 21.7 Å². The van der Waals surface area contributed by atoms with E-state index in [-0.39, 0.29) is 78.0 Å². The molecule has 0 fully saturated rings. The Labute approximate surface area is 94.9 Å². The van der Waals surface area contributed by atoms with E-state index in [1.54, 1.807) is 0 Å². The van der Waals surface area contributed by atoms with Crippen molar-refractivity contribution in [2.24, 2.45) is 5.73 Å². The van der Waals surface area contributed by atoms with E-state index < -0.39 is 0 Å². The van der Waals surface area contributed by atoms with Gasteiger partial charge in [-0.3, -0.25) is 0 Å². The van der Waals surface area contributed by atoms with Crippen LogP contribution < -0.4 is 55.4 Å². The summed E-state index contributed by atoms with van der Waals surface area (Å²) in [5.41, 5.74) is 4.78. The van der Waals surface area contributed by atoms with Crippen LogP contribution in [-0.2, 0) is 21.7 Å². The molecule has 9 heavy (non-hydrogen) atoms. The summed E-state index contributed by atoms with van der Waals surface area (Å²) in [6, 6.07) is 0. The Hall–Kier alpha value is 1.79. The van der Waals surface area contributed by atoms with E-state index in [1.807, 2.05) is 0 Å². The van der Waals surface area contributed by atoms with Gasteiger partial charge in [-0.1, -0.05) is 0 Å². The van der Waals surface area contributed by atoms with Crippen LogP contribution in [0.5, 0.6) is 0 Å². The van der Waals surface area contributed by atoms with Crippen LogP contribution in [0.15, 0.2) is 0 Å². The number of hydrogen-bond acceptors (Lipinski definition) is 2. The average Bonchev–Trinajstić information content (AvgIpc) is 1.37. The third-order valence-corrected chi connectivity index (χ3v) is 0.129. The van der Waals surface area contributed by atoms with Crippen molar-refractivity contribution in [3.8, 4) is 0 Å². The van der Waals surface area contributed by atoms with E-state index in [2.05, 4.69) is 0 Å². The topological polar surface area (TPSA) is 46.2 Å². The Bertz CT molecular complexity index is 20.5. The van der Waals surface area contributed by atoms with Crippen molar-refractivity contribution in [1.82, 2.24) is 0 Å². The first-order valence-electron chi connectivity index (χ1n) is 1.22. The summed E-state index contributed by atoms with van der Waals surface area (Å²) in [5, 5.41) is 7.75. The molecule has 3 N–H and O–H groups in total. The quantitative estimate of drug-likeness (QED) is 0.454. The van der Waals surface area contributed by atoms with E-state index in [4.69, 9.17) is 10.8 Å². The fourth-order valence-electron chi connectivity index (χ4n) is 0. The second-order valence-electron chi connectivity index (χ2n) is 0.512. The third kappa shape index (κ3) is 76.2. The summed E-state index contributed by atoms with van der Waals surface area (Å²) in [4.78, 5) is 0. The van der Waals surface area contributed by atoms with Gasteiger partial charge in [0, 0.05) is 6.54 Å². The molecule has 0 aliphatic carbocycles. The minimum atomic E-state index is 0. The van der Waals surface area contributed by atoms with E-state index in [1.165, 1.54) is 0 Å². The maximum atomic E-state index is 7.75. The molecule has 7 heteroatoms. The van der Waals surface area contributed by atoms with E-state index in [0.717, 1.165) is 0 Å². The predicted octanol–water partition coefficient (Wildman–Crippen LogP) is -13.0. The number of hydrogen-bond donors (Lipinski definition) is 2. The number of halogens is 4. The van der Waals surface area contributed by atoms with Gasteiger partial charge in [0.25, 0.3) is 0 Å². The molecule has 0 saturated carbocycles. The van der Waals surface area contributed by atoms with Crippen molar-refractivity contribution in [3.63, 3.8) is 0 Å². The molecule has 2 nitrogen and oxygen atoms in total. The summed E-state index contributed by atoms with van der Waals surface area (Å²) < 4.78 is 0. The van der Waals surface area contributed by atoms with Crippen molar-refractivity contribution in [2.75, 3.05) is 13.2 Å². The van der Waals surface area contributed by atoms with Gasteiger partial charge in [0.15, 0.2) is 0 Å². The molecule has 0 bridgehead atoms. The van der Waals surface area contributed by atoms with Crippen LogP contribution in [0.4, 0.5) is 0 Å². The number of aliphatic hydroxyl groups excluding tert-OH is 1. The van der Waals surface area contributed by atoms with E-state index in [0.29, 0.717) is 6.54 Å². The van der Waals surface area contributed by atoms with Gasteiger partial charge in [0.05, 0.1) is 6.61 Å². The zero-order valence-electron chi connectivity index (χ0n) is 4.45. The molecule has 0 aliphatic heterocycles. The van der Waals surface area contributed by atoms with E-state index in [9.17, 15) is 0 Å². The minimum absolute atomic E-state index is 0. The second kappa shape index (κ2) is 52.6. The number of aliphatic hydroxyl groups is 1. The molecule has 0 aromatic carbocycles. The van der Waals surface area contributed by atoms with Crippen molar-refractivity contribution in [1.29, 1.82) is 0 Å². The maximum Gasteiger partial charge on any atom is 4.00 e. The van der Waals surface area contributed by atoms with Crippen LogP contribution in [0.3, 0.4) is 0 Å². The first-order valence-corrected chi connectivity index (χ1v) is 1.22. The van der Waals surface area contributed by atoms with Crippen molar-refractivity contribution < 1.29 is 76.5 Å². The zero-order valence-corrected chi connectivity index (χ0v) is 9.04. The standard InChI is InChI=1S/C2H7NO.4ClH.Ti/c3-1-2-4;;;;;/h4H,1-3H2;4*1H;/q;;;;;+4/p-4. The summed E-state index contributed by atoms with van der Waals surface area (Å²) >= 11 is 0. The summed E-state index contributed by atoms with van der Waals surface area (Å²) in [5.74, 6) is 0. The van der Waals surface area contributed by atoms with Crippen LogP contribution in [-0.4, -0.2) is 18.3 Å². The van der Waals surface area contributed by atoms with Crippen LogP contribution in [0.1, 0.15) is 0 Å². The molecule has 0 radical (unpaired) electrons. The molecule has 0 saturated heterocycles. The fourth-order valence-corrected chi connectivity index (χ4v) is 0. The summed E-state index contributed by atoms with van der Waals surface area (Å²) in [6.45, 7) is 0.472. The molecule has 58 valence electrons. The first-order chi connectivity index (χ1) is 1.91. The van der Waals surface area contributed by atoms with Gasteiger partial charge in [-0.15, -0.1) is 0 Å². The fraction of sp³-hybridized carbons (Fsp3) is 1.00. The Balaban J connectivity index is -0.00000000450. The van der Waals surface area contributed by atoms with Crippen molar-refractivity contribution in [3.05, 3.63) is 0 Å². The molecule has 0 aromatic heterocycles. The monoisotopic (exact) mass is 249 g/mol. The molecular weight excluding hydrogens is 244 g/mol. The summed E-state index contributed by atoms with van der Waals surface area (Å²) in [6.07, 6.45) is 0. The smallest absolute Gasteiger partial charge is 1.00 e. The van der Waals surface area contributed by atoms with Gasteiger partial charge in [0.2, 0.25) is 0 Å². The Kier molecular flexibility index (Phi) is 263. The van der Waals surface area contributed by atoms with Crippen LogP contribution in [0.25, 0.3) is 0 Å². The second-order valence-corrected chi connectivity index (χ2v) is 0.512. The zero-order chi connectivity index (χ0) is 3.41. The van der Waals surface area contributed by atoms with Crippen LogP contribution in [0, 0.1) is 0 Å². The van der Waals surface area contributed by atoms with Crippen LogP contribution in [0.2, 0.25) is 0 Å². The normalized spacial score (nSPS) is 3.33. The molecule has 0 unspecified atom stereocenters. The Morgan fingerprint density at radius 2 is 1.11 bits per heavy atom.